The summed E-state index contributed by atoms with van der Waals surface area (Å²) in [6.45, 7) is 9.32. The van der Waals surface area contributed by atoms with Crippen LogP contribution in [0.2, 0.25) is 0 Å². The van der Waals surface area contributed by atoms with Crippen LogP contribution in [0.5, 0.6) is 0 Å². The molecule has 22 heavy (non-hydrogen) atoms. The van der Waals surface area contributed by atoms with Gasteiger partial charge in [0.25, 0.3) is 0 Å². The summed E-state index contributed by atoms with van der Waals surface area (Å²) in [7, 11) is 0. The molecule has 2 rings (SSSR count). The summed E-state index contributed by atoms with van der Waals surface area (Å²) in [5.74, 6) is 5.21. The number of hydrogen-bond donors (Lipinski definition) is 0. The normalized spacial score (nSPS) is 25.1. The standard InChI is InChI=1S/C18H20O4/c1-11(2)6-5-7-12(3)8-9-14-10-15(21-13(4)19)17-18(22-17)16(14)20/h6,10,15,17-18H,3,5,7H2,1-2,4H3/t15-,17+,18-/m1/s1. The maximum atomic E-state index is 12.0. The number of allylic oxidation sites excluding steroid dienone is 3. The van der Waals surface area contributed by atoms with Gasteiger partial charge in [0.2, 0.25) is 5.78 Å². The molecule has 0 spiro atoms. The highest BCUT2D eigenvalue weighted by molar-refractivity contribution is 6.06. The first-order chi connectivity index (χ1) is 10.4. The number of fused-ring (bicyclic) bond motifs is 1. The lowest BCUT2D eigenvalue weighted by atomic mass is 9.96. The predicted molar refractivity (Wildman–Crippen MR) is 82.9 cm³/mol. The molecule has 0 radical (unpaired) electrons. The van der Waals surface area contributed by atoms with Crippen molar-refractivity contribution in [2.75, 3.05) is 0 Å². The lowest BCUT2D eigenvalue weighted by Crippen LogP contribution is -2.30. The van der Waals surface area contributed by atoms with Gasteiger partial charge in [-0.1, -0.05) is 30.1 Å². The molecule has 1 heterocycles. The first-order valence-electron chi connectivity index (χ1n) is 7.30. The summed E-state index contributed by atoms with van der Waals surface area (Å²) in [6.07, 6.45) is 3.96. The Bertz CT molecular complexity index is 623. The molecule has 0 bridgehead atoms. The molecule has 0 saturated carbocycles. The molecule has 4 heteroatoms. The predicted octanol–water partition coefficient (Wildman–Crippen LogP) is 2.50. The van der Waals surface area contributed by atoms with Gasteiger partial charge in [-0.25, -0.2) is 0 Å². The molecule has 0 aromatic rings. The van der Waals surface area contributed by atoms with Crippen molar-refractivity contribution in [3.05, 3.63) is 35.5 Å². The Balaban J connectivity index is 2.01. The highest BCUT2D eigenvalue weighted by Crippen LogP contribution is 2.35. The number of carbonyl (C=O) groups excluding carboxylic acids is 2. The van der Waals surface area contributed by atoms with Crippen molar-refractivity contribution < 1.29 is 19.1 Å². The molecule has 1 saturated heterocycles. The van der Waals surface area contributed by atoms with Crippen LogP contribution in [-0.2, 0) is 19.1 Å². The van der Waals surface area contributed by atoms with Gasteiger partial charge in [0.05, 0.1) is 5.57 Å². The van der Waals surface area contributed by atoms with E-state index < -0.39 is 18.2 Å². The van der Waals surface area contributed by atoms with E-state index in [0.29, 0.717) is 5.57 Å². The zero-order valence-electron chi connectivity index (χ0n) is 13.1. The lowest BCUT2D eigenvalue weighted by Gasteiger charge is -2.14. The fraction of sp³-hybridized carbons (Fsp3) is 0.444. The second-order valence-corrected chi connectivity index (χ2v) is 5.71. The molecule has 3 atom stereocenters. The molecule has 116 valence electrons. The summed E-state index contributed by atoms with van der Waals surface area (Å²) in [5.41, 5.74) is 2.37. The van der Waals surface area contributed by atoms with Crippen molar-refractivity contribution >= 4 is 11.8 Å². The van der Waals surface area contributed by atoms with Gasteiger partial charge in [-0.2, -0.15) is 0 Å². The van der Waals surface area contributed by atoms with Crippen molar-refractivity contribution in [2.45, 2.75) is 51.9 Å². The van der Waals surface area contributed by atoms with Gasteiger partial charge in [-0.05, 0) is 38.3 Å². The van der Waals surface area contributed by atoms with Gasteiger partial charge in [-0.15, -0.1) is 0 Å². The molecule has 1 aliphatic heterocycles. The molecule has 0 aromatic heterocycles. The minimum absolute atomic E-state index is 0.141. The van der Waals surface area contributed by atoms with Crippen molar-refractivity contribution in [2.24, 2.45) is 0 Å². The van der Waals surface area contributed by atoms with Crippen molar-refractivity contribution in [1.29, 1.82) is 0 Å². The van der Waals surface area contributed by atoms with E-state index in [1.807, 2.05) is 13.8 Å². The highest BCUT2D eigenvalue weighted by Gasteiger charge is 2.54. The number of ether oxygens (including phenoxy) is 2. The maximum Gasteiger partial charge on any atom is 0.303 e. The Kier molecular flexibility index (Phi) is 4.99. The van der Waals surface area contributed by atoms with Gasteiger partial charge in [0.15, 0.2) is 12.2 Å². The smallest absolute Gasteiger partial charge is 0.303 e. The van der Waals surface area contributed by atoms with Crippen LogP contribution in [0.3, 0.4) is 0 Å². The van der Waals surface area contributed by atoms with Crippen LogP contribution >= 0.6 is 0 Å². The number of Topliss-reactive ketones (excluding diaryl/α,β-unsaturated/α-hetero) is 1. The van der Waals surface area contributed by atoms with E-state index in [0.717, 1.165) is 18.4 Å². The Morgan fingerprint density at radius 3 is 2.82 bits per heavy atom. The van der Waals surface area contributed by atoms with E-state index in [-0.39, 0.29) is 11.9 Å². The van der Waals surface area contributed by atoms with E-state index in [2.05, 4.69) is 24.5 Å². The number of carbonyl (C=O) groups is 2. The van der Waals surface area contributed by atoms with E-state index in [1.54, 1.807) is 6.08 Å². The monoisotopic (exact) mass is 300 g/mol. The van der Waals surface area contributed by atoms with Crippen LogP contribution in [0.1, 0.15) is 33.6 Å². The zero-order chi connectivity index (χ0) is 16.3. The Morgan fingerprint density at radius 2 is 2.18 bits per heavy atom. The molecular formula is C18H20O4. The van der Waals surface area contributed by atoms with Gasteiger partial charge in [0, 0.05) is 6.92 Å². The second-order valence-electron chi connectivity index (χ2n) is 5.71. The summed E-state index contributed by atoms with van der Waals surface area (Å²) >= 11 is 0. The van der Waals surface area contributed by atoms with Gasteiger partial charge in [0.1, 0.15) is 6.10 Å². The third-order valence-corrected chi connectivity index (χ3v) is 3.38. The SMILES string of the molecule is C=C(C#CC1=C[C@@H](OC(C)=O)[C@@H]2O[C@@H]2C1=O)CCC=C(C)C. The molecular weight excluding hydrogens is 280 g/mol. The van der Waals surface area contributed by atoms with Crippen molar-refractivity contribution in [3.63, 3.8) is 0 Å². The molecule has 0 unspecified atom stereocenters. The lowest BCUT2D eigenvalue weighted by molar-refractivity contribution is -0.145. The Hall–Kier alpha value is -2.12. The van der Waals surface area contributed by atoms with Crippen LogP contribution in [0.15, 0.2) is 35.5 Å². The van der Waals surface area contributed by atoms with E-state index in [9.17, 15) is 9.59 Å². The Labute approximate surface area is 130 Å². The number of ketones is 1. The second kappa shape index (κ2) is 6.76. The Morgan fingerprint density at radius 1 is 1.45 bits per heavy atom. The van der Waals surface area contributed by atoms with Crippen molar-refractivity contribution in [1.82, 2.24) is 0 Å². The first kappa shape index (κ1) is 16.3. The average molecular weight is 300 g/mol. The van der Waals surface area contributed by atoms with Crippen LogP contribution < -0.4 is 0 Å². The third-order valence-electron chi connectivity index (χ3n) is 3.38. The number of epoxide rings is 1. The first-order valence-corrected chi connectivity index (χ1v) is 7.30. The molecule has 2 aliphatic rings. The third kappa shape index (κ3) is 4.19. The van der Waals surface area contributed by atoms with E-state index >= 15 is 0 Å². The van der Waals surface area contributed by atoms with Gasteiger partial charge < -0.3 is 9.47 Å². The topological polar surface area (TPSA) is 55.9 Å². The molecule has 4 nitrogen and oxygen atoms in total. The zero-order valence-corrected chi connectivity index (χ0v) is 13.1. The maximum absolute atomic E-state index is 12.0. The quantitative estimate of drug-likeness (QED) is 0.346. The van der Waals surface area contributed by atoms with E-state index in [4.69, 9.17) is 9.47 Å². The summed E-state index contributed by atoms with van der Waals surface area (Å²) in [5, 5.41) is 0. The molecule has 0 aromatic carbocycles. The fourth-order valence-corrected chi connectivity index (χ4v) is 2.23. The molecule has 1 fully saturated rings. The summed E-state index contributed by atoms with van der Waals surface area (Å²) in [6, 6.07) is 0. The van der Waals surface area contributed by atoms with Crippen LogP contribution in [-0.4, -0.2) is 30.1 Å². The van der Waals surface area contributed by atoms with Crippen LogP contribution in [0, 0.1) is 11.8 Å². The average Bonchev–Trinajstić information content (AvgIpc) is 3.20. The number of esters is 1. The number of hydrogen-bond acceptors (Lipinski definition) is 4. The van der Waals surface area contributed by atoms with E-state index in [1.165, 1.54) is 12.5 Å². The van der Waals surface area contributed by atoms with Crippen LogP contribution in [0.4, 0.5) is 0 Å². The minimum Gasteiger partial charge on any atom is -0.455 e. The molecule has 1 aliphatic carbocycles. The van der Waals surface area contributed by atoms with Gasteiger partial charge >= 0.3 is 5.97 Å². The molecule has 0 N–H and O–H groups in total. The summed E-state index contributed by atoms with van der Waals surface area (Å²) in [4.78, 5) is 23.1. The van der Waals surface area contributed by atoms with Crippen LogP contribution in [0.25, 0.3) is 0 Å². The summed E-state index contributed by atoms with van der Waals surface area (Å²) < 4.78 is 10.4. The number of rotatable bonds is 4. The molecule has 0 amide bonds. The highest BCUT2D eigenvalue weighted by atomic mass is 16.6. The van der Waals surface area contributed by atoms with Crippen molar-refractivity contribution in [3.8, 4) is 11.8 Å². The van der Waals surface area contributed by atoms with Gasteiger partial charge in [-0.3, -0.25) is 9.59 Å². The minimum atomic E-state index is -0.525. The fourth-order valence-electron chi connectivity index (χ4n) is 2.23. The largest absolute Gasteiger partial charge is 0.455 e.